The maximum atomic E-state index is 13.9. The summed E-state index contributed by atoms with van der Waals surface area (Å²) in [6.07, 6.45) is 3.33. The van der Waals surface area contributed by atoms with Gasteiger partial charge in [0, 0.05) is 35.5 Å². The molecule has 38 heavy (non-hydrogen) atoms. The van der Waals surface area contributed by atoms with Crippen LogP contribution in [0.2, 0.25) is 0 Å². The highest BCUT2D eigenvalue weighted by Gasteiger charge is 2.26. The van der Waals surface area contributed by atoms with E-state index in [4.69, 9.17) is 19.2 Å². The molecule has 1 saturated heterocycles. The molecule has 2 N–H and O–H groups in total. The lowest BCUT2D eigenvalue weighted by Gasteiger charge is -2.26. The van der Waals surface area contributed by atoms with Crippen molar-refractivity contribution in [3.63, 3.8) is 0 Å². The Labute approximate surface area is 217 Å². The summed E-state index contributed by atoms with van der Waals surface area (Å²) in [7, 11) is 1.46. The zero-order chi connectivity index (χ0) is 26.2. The van der Waals surface area contributed by atoms with E-state index in [1.807, 2.05) is 12.1 Å². The molecule has 192 valence electrons. The van der Waals surface area contributed by atoms with E-state index in [2.05, 4.69) is 10.2 Å². The van der Waals surface area contributed by atoms with Crippen molar-refractivity contribution in [2.45, 2.75) is 18.8 Å². The van der Waals surface area contributed by atoms with Gasteiger partial charge < -0.3 is 19.3 Å². The molecule has 0 bridgehead atoms. The first-order valence-electron chi connectivity index (χ1n) is 12.3. The van der Waals surface area contributed by atoms with Crippen molar-refractivity contribution in [3.05, 3.63) is 77.9 Å². The maximum Gasteiger partial charge on any atom is 0.335 e. The predicted molar refractivity (Wildman–Crippen MR) is 140 cm³/mol. The normalized spacial score (nSPS) is 14.2. The highest BCUT2D eigenvalue weighted by molar-refractivity contribution is 6.06. The SMILES string of the molecule is COc1cc(C(=O)O)ccc1Oc1nc(C2CCOCC2)c(-c2ccc(F)cc2)c2cc3cn[nH]c3cc12. The van der Waals surface area contributed by atoms with Crippen molar-refractivity contribution in [3.8, 4) is 28.5 Å². The molecule has 1 aliphatic heterocycles. The fourth-order valence-electron chi connectivity index (χ4n) is 4.99. The zero-order valence-corrected chi connectivity index (χ0v) is 20.5. The first-order chi connectivity index (χ1) is 18.5. The summed E-state index contributed by atoms with van der Waals surface area (Å²) in [5, 5.41) is 19.1. The topological polar surface area (TPSA) is 107 Å². The van der Waals surface area contributed by atoms with Gasteiger partial charge in [0.25, 0.3) is 0 Å². The molecule has 8 nitrogen and oxygen atoms in total. The Morgan fingerprint density at radius 2 is 1.84 bits per heavy atom. The van der Waals surface area contributed by atoms with Gasteiger partial charge in [-0.1, -0.05) is 12.1 Å². The summed E-state index contributed by atoms with van der Waals surface area (Å²) in [4.78, 5) is 16.5. The molecule has 1 fully saturated rings. The Morgan fingerprint density at radius 1 is 1.05 bits per heavy atom. The van der Waals surface area contributed by atoms with Crippen LogP contribution in [0, 0.1) is 5.82 Å². The third-order valence-corrected chi connectivity index (χ3v) is 6.91. The molecule has 0 radical (unpaired) electrons. The van der Waals surface area contributed by atoms with Crippen molar-refractivity contribution in [2.24, 2.45) is 0 Å². The second-order valence-electron chi connectivity index (χ2n) is 9.20. The van der Waals surface area contributed by atoms with E-state index in [1.165, 1.54) is 31.4 Å². The van der Waals surface area contributed by atoms with E-state index >= 15 is 0 Å². The van der Waals surface area contributed by atoms with E-state index < -0.39 is 5.97 Å². The lowest BCUT2D eigenvalue weighted by molar-refractivity contribution is 0.0696. The van der Waals surface area contributed by atoms with Crippen molar-refractivity contribution in [2.75, 3.05) is 20.3 Å². The number of ether oxygens (including phenoxy) is 3. The summed E-state index contributed by atoms with van der Waals surface area (Å²) in [5.74, 6) is -0.309. The van der Waals surface area contributed by atoms with Gasteiger partial charge in [0.05, 0.1) is 30.1 Å². The third-order valence-electron chi connectivity index (χ3n) is 6.91. The number of fused-ring (bicyclic) bond motifs is 2. The average Bonchev–Trinajstić information content (AvgIpc) is 3.40. The molecule has 0 atom stereocenters. The number of aromatic carboxylic acids is 1. The maximum absolute atomic E-state index is 13.9. The highest BCUT2D eigenvalue weighted by Crippen LogP contribution is 2.44. The van der Waals surface area contributed by atoms with Gasteiger partial charge in [-0.3, -0.25) is 5.10 Å². The number of hydrogen-bond donors (Lipinski definition) is 2. The second kappa shape index (κ2) is 9.75. The van der Waals surface area contributed by atoms with Crippen molar-refractivity contribution in [1.82, 2.24) is 15.2 Å². The number of methoxy groups -OCH3 is 1. The van der Waals surface area contributed by atoms with Crippen LogP contribution in [-0.2, 0) is 4.74 Å². The number of rotatable bonds is 6. The molecular weight excluding hydrogens is 489 g/mol. The Morgan fingerprint density at radius 3 is 2.58 bits per heavy atom. The molecule has 0 amide bonds. The van der Waals surface area contributed by atoms with Gasteiger partial charge in [-0.2, -0.15) is 5.10 Å². The molecule has 0 aliphatic carbocycles. The monoisotopic (exact) mass is 513 g/mol. The first-order valence-corrected chi connectivity index (χ1v) is 12.3. The van der Waals surface area contributed by atoms with Crippen LogP contribution in [0.15, 0.2) is 60.8 Å². The van der Waals surface area contributed by atoms with Gasteiger partial charge in [-0.25, -0.2) is 14.2 Å². The Bertz CT molecular complexity index is 1660. The average molecular weight is 514 g/mol. The van der Waals surface area contributed by atoms with Crippen LogP contribution in [0.25, 0.3) is 32.8 Å². The predicted octanol–water partition coefficient (Wildman–Crippen LogP) is 6.31. The standard InChI is InChI=1S/C29H24FN3O5/c1-36-25-13-18(29(34)35)4-7-24(25)38-28-22-14-23-19(15-31-33-23)12-21(22)26(16-2-5-20(30)6-3-16)27(32-28)17-8-10-37-11-9-17/h2-7,12-15,17H,8-11H2,1H3,(H,31,33)(H,34,35). The molecule has 2 aromatic heterocycles. The largest absolute Gasteiger partial charge is 0.493 e. The summed E-state index contributed by atoms with van der Waals surface area (Å²) in [6, 6.07) is 14.8. The van der Waals surface area contributed by atoms with E-state index in [1.54, 1.807) is 24.4 Å². The number of pyridine rings is 1. The summed E-state index contributed by atoms with van der Waals surface area (Å²) in [6.45, 7) is 1.24. The lowest BCUT2D eigenvalue weighted by Crippen LogP contribution is -2.16. The molecule has 3 aromatic carbocycles. The van der Waals surface area contributed by atoms with E-state index in [9.17, 15) is 14.3 Å². The molecule has 5 aromatic rings. The number of carbonyl (C=O) groups is 1. The minimum absolute atomic E-state index is 0.0840. The van der Waals surface area contributed by atoms with Crippen molar-refractivity contribution < 1.29 is 28.5 Å². The van der Waals surface area contributed by atoms with Crippen LogP contribution in [0.3, 0.4) is 0 Å². The lowest BCUT2D eigenvalue weighted by atomic mass is 9.87. The molecule has 0 unspecified atom stereocenters. The van der Waals surface area contributed by atoms with E-state index in [-0.39, 0.29) is 23.0 Å². The number of aromatic amines is 1. The fraction of sp³-hybridized carbons (Fsp3) is 0.207. The summed E-state index contributed by atoms with van der Waals surface area (Å²) < 4.78 is 31.3. The number of H-pyrrole nitrogens is 1. The molecule has 0 spiro atoms. The number of carboxylic acid groups (broad SMARTS) is 1. The van der Waals surface area contributed by atoms with Crippen LogP contribution in [0.4, 0.5) is 4.39 Å². The zero-order valence-electron chi connectivity index (χ0n) is 20.5. The number of hydrogen-bond acceptors (Lipinski definition) is 6. The Kier molecular flexibility index (Phi) is 6.13. The van der Waals surface area contributed by atoms with Crippen molar-refractivity contribution in [1.29, 1.82) is 0 Å². The minimum Gasteiger partial charge on any atom is -0.493 e. The molecule has 9 heteroatoms. The fourth-order valence-corrected chi connectivity index (χ4v) is 4.99. The highest BCUT2D eigenvalue weighted by atomic mass is 19.1. The molecule has 3 heterocycles. The number of carboxylic acids is 1. The molecule has 6 rings (SSSR count). The number of benzene rings is 3. The smallest absolute Gasteiger partial charge is 0.335 e. The Balaban J connectivity index is 1.61. The second-order valence-corrected chi connectivity index (χ2v) is 9.20. The van der Waals surface area contributed by atoms with Gasteiger partial charge in [0.15, 0.2) is 11.5 Å². The number of nitrogens with zero attached hydrogens (tertiary/aromatic N) is 2. The minimum atomic E-state index is -1.06. The number of nitrogens with one attached hydrogen (secondary N) is 1. The molecule has 0 saturated carbocycles. The first kappa shape index (κ1) is 23.9. The van der Waals surface area contributed by atoms with Gasteiger partial charge in [0.2, 0.25) is 5.88 Å². The van der Waals surface area contributed by atoms with E-state index in [0.29, 0.717) is 24.8 Å². The van der Waals surface area contributed by atoms with E-state index in [0.717, 1.165) is 51.3 Å². The summed E-state index contributed by atoms with van der Waals surface area (Å²) >= 11 is 0. The third kappa shape index (κ3) is 4.31. The summed E-state index contributed by atoms with van der Waals surface area (Å²) in [5.41, 5.74) is 3.49. The van der Waals surface area contributed by atoms with Crippen LogP contribution < -0.4 is 9.47 Å². The molecule has 1 aliphatic rings. The molecular formula is C29H24FN3O5. The van der Waals surface area contributed by atoms with Gasteiger partial charge in [-0.15, -0.1) is 0 Å². The number of halogens is 1. The van der Waals surface area contributed by atoms with Crippen molar-refractivity contribution >= 4 is 27.6 Å². The van der Waals surface area contributed by atoms with Crippen LogP contribution in [0.5, 0.6) is 17.4 Å². The number of aromatic nitrogens is 3. The quantitative estimate of drug-likeness (QED) is 0.274. The van der Waals surface area contributed by atoms with Crippen LogP contribution >= 0.6 is 0 Å². The van der Waals surface area contributed by atoms with Crippen LogP contribution in [-0.4, -0.2) is 46.6 Å². The van der Waals surface area contributed by atoms with Gasteiger partial charge >= 0.3 is 5.97 Å². The van der Waals surface area contributed by atoms with Crippen LogP contribution in [0.1, 0.15) is 34.8 Å². The Hall–Kier alpha value is -4.50. The van der Waals surface area contributed by atoms with Gasteiger partial charge in [0.1, 0.15) is 5.82 Å². The van der Waals surface area contributed by atoms with Gasteiger partial charge in [-0.05, 0) is 66.3 Å².